The maximum atomic E-state index is 10.8. The Labute approximate surface area is 121 Å². The first-order valence-corrected chi connectivity index (χ1v) is 6.42. The molecule has 21 heavy (non-hydrogen) atoms. The first-order chi connectivity index (χ1) is 10.1. The summed E-state index contributed by atoms with van der Waals surface area (Å²) in [5.41, 5.74) is 2.51. The third-order valence-electron chi connectivity index (χ3n) is 3.22. The molecule has 0 unspecified atom stereocenters. The van der Waals surface area contributed by atoms with Crippen molar-refractivity contribution in [1.82, 2.24) is 4.98 Å². The summed E-state index contributed by atoms with van der Waals surface area (Å²) in [7, 11) is 0. The molecule has 0 saturated carbocycles. The molecule has 0 aliphatic carbocycles. The van der Waals surface area contributed by atoms with Crippen molar-refractivity contribution in [3.05, 3.63) is 70.4 Å². The van der Waals surface area contributed by atoms with Crippen molar-refractivity contribution in [1.29, 1.82) is 0 Å². The molecule has 5 heteroatoms. The molecule has 0 saturated heterocycles. The molecule has 0 bridgehead atoms. The van der Waals surface area contributed by atoms with Gasteiger partial charge in [0.05, 0.1) is 11.1 Å². The predicted octanol–water partition coefficient (Wildman–Crippen LogP) is 4.23. The number of non-ortho nitro benzene ring substituents is 1. The normalized spacial score (nSPS) is 10.5. The zero-order valence-corrected chi connectivity index (χ0v) is 11.3. The molecule has 0 aliphatic heterocycles. The number of nitrogens with zero attached hydrogens (tertiary/aromatic N) is 2. The standard InChI is InChI=1S/C16H12N2O3/c1-11-9-13(18(19)20)7-8-14(11)16-17-10-15(21-16)12-5-3-2-4-6-12/h2-10H,1H3. The van der Waals surface area contributed by atoms with E-state index in [-0.39, 0.29) is 5.69 Å². The van der Waals surface area contributed by atoms with E-state index in [1.807, 2.05) is 30.3 Å². The maximum Gasteiger partial charge on any atom is 0.269 e. The zero-order chi connectivity index (χ0) is 14.8. The molecule has 0 radical (unpaired) electrons. The maximum absolute atomic E-state index is 10.8. The molecule has 0 aliphatic rings. The van der Waals surface area contributed by atoms with Crippen molar-refractivity contribution in [2.45, 2.75) is 6.92 Å². The SMILES string of the molecule is Cc1cc([N+](=O)[O-])ccc1-c1ncc(-c2ccccc2)o1. The van der Waals surface area contributed by atoms with E-state index in [0.29, 0.717) is 11.7 Å². The minimum Gasteiger partial charge on any atom is -0.436 e. The molecule has 0 fully saturated rings. The van der Waals surface area contributed by atoms with Gasteiger partial charge in [-0.3, -0.25) is 10.1 Å². The van der Waals surface area contributed by atoms with Gasteiger partial charge in [-0.15, -0.1) is 0 Å². The molecule has 0 amide bonds. The first-order valence-electron chi connectivity index (χ1n) is 6.42. The molecule has 1 aromatic heterocycles. The van der Waals surface area contributed by atoms with Crippen LogP contribution in [0, 0.1) is 17.0 Å². The van der Waals surface area contributed by atoms with Crippen LogP contribution < -0.4 is 0 Å². The van der Waals surface area contributed by atoms with Gasteiger partial charge in [-0.1, -0.05) is 30.3 Å². The lowest BCUT2D eigenvalue weighted by Gasteiger charge is -2.01. The Balaban J connectivity index is 1.99. The van der Waals surface area contributed by atoms with Gasteiger partial charge < -0.3 is 4.42 Å². The van der Waals surface area contributed by atoms with Crippen molar-refractivity contribution in [3.8, 4) is 22.8 Å². The van der Waals surface area contributed by atoms with Gasteiger partial charge in [0.2, 0.25) is 5.89 Å². The fraction of sp³-hybridized carbons (Fsp3) is 0.0625. The summed E-state index contributed by atoms with van der Waals surface area (Å²) in [6.07, 6.45) is 1.66. The molecule has 2 aromatic carbocycles. The number of rotatable bonds is 3. The highest BCUT2D eigenvalue weighted by Crippen LogP contribution is 2.29. The third kappa shape index (κ3) is 2.53. The number of hydrogen-bond acceptors (Lipinski definition) is 4. The Morgan fingerprint density at radius 3 is 2.57 bits per heavy atom. The van der Waals surface area contributed by atoms with E-state index in [4.69, 9.17) is 4.42 Å². The highest BCUT2D eigenvalue weighted by Gasteiger charge is 2.14. The van der Waals surface area contributed by atoms with Crippen LogP contribution in [0.5, 0.6) is 0 Å². The van der Waals surface area contributed by atoms with Gasteiger partial charge in [0, 0.05) is 23.3 Å². The van der Waals surface area contributed by atoms with Gasteiger partial charge in [-0.25, -0.2) is 4.98 Å². The van der Waals surface area contributed by atoms with E-state index < -0.39 is 4.92 Å². The quantitative estimate of drug-likeness (QED) is 0.532. The molecule has 1 heterocycles. The van der Waals surface area contributed by atoms with Crippen LogP contribution in [0.3, 0.4) is 0 Å². The smallest absolute Gasteiger partial charge is 0.269 e. The Kier molecular flexibility index (Phi) is 3.23. The van der Waals surface area contributed by atoms with E-state index in [1.165, 1.54) is 12.1 Å². The summed E-state index contributed by atoms with van der Waals surface area (Å²) in [5, 5.41) is 10.8. The van der Waals surface area contributed by atoms with E-state index in [2.05, 4.69) is 4.98 Å². The summed E-state index contributed by atoms with van der Waals surface area (Å²) in [4.78, 5) is 14.6. The lowest BCUT2D eigenvalue weighted by atomic mass is 10.1. The van der Waals surface area contributed by atoms with Crippen LogP contribution in [0.15, 0.2) is 59.1 Å². The van der Waals surface area contributed by atoms with Crippen LogP contribution in [0.1, 0.15) is 5.56 Å². The first kappa shape index (κ1) is 13.1. The minimum absolute atomic E-state index is 0.0612. The van der Waals surface area contributed by atoms with Crippen LogP contribution in [0.4, 0.5) is 5.69 Å². The molecule has 5 nitrogen and oxygen atoms in total. The minimum atomic E-state index is -0.415. The van der Waals surface area contributed by atoms with Crippen LogP contribution in [-0.4, -0.2) is 9.91 Å². The highest BCUT2D eigenvalue weighted by atomic mass is 16.6. The Morgan fingerprint density at radius 1 is 1.14 bits per heavy atom. The van der Waals surface area contributed by atoms with Crippen molar-refractivity contribution >= 4 is 5.69 Å². The van der Waals surface area contributed by atoms with Gasteiger partial charge in [-0.2, -0.15) is 0 Å². The zero-order valence-electron chi connectivity index (χ0n) is 11.3. The van der Waals surface area contributed by atoms with E-state index in [1.54, 1.807) is 19.2 Å². The number of hydrogen-bond donors (Lipinski definition) is 0. The predicted molar refractivity (Wildman–Crippen MR) is 78.8 cm³/mol. The average molecular weight is 280 g/mol. The van der Waals surface area contributed by atoms with Crippen molar-refractivity contribution in [2.24, 2.45) is 0 Å². The fourth-order valence-corrected chi connectivity index (χ4v) is 2.14. The topological polar surface area (TPSA) is 69.2 Å². The summed E-state index contributed by atoms with van der Waals surface area (Å²) in [6.45, 7) is 1.80. The monoisotopic (exact) mass is 280 g/mol. The Bertz CT molecular complexity index is 794. The third-order valence-corrected chi connectivity index (χ3v) is 3.22. The Hall–Kier alpha value is -2.95. The number of nitro groups is 1. The summed E-state index contributed by atoms with van der Waals surface area (Å²) in [5.74, 6) is 1.13. The second kappa shape index (κ2) is 5.20. The van der Waals surface area contributed by atoms with Crippen LogP contribution in [-0.2, 0) is 0 Å². The Morgan fingerprint density at radius 2 is 1.90 bits per heavy atom. The molecule has 3 aromatic rings. The van der Waals surface area contributed by atoms with Crippen molar-refractivity contribution in [2.75, 3.05) is 0 Å². The second-order valence-electron chi connectivity index (χ2n) is 4.65. The number of benzene rings is 2. The number of oxazole rings is 1. The summed E-state index contributed by atoms with van der Waals surface area (Å²) < 4.78 is 5.76. The summed E-state index contributed by atoms with van der Waals surface area (Å²) in [6, 6.07) is 14.3. The molecule has 0 N–H and O–H groups in total. The van der Waals surface area contributed by atoms with E-state index in [0.717, 1.165) is 16.7 Å². The number of aryl methyl sites for hydroxylation is 1. The van der Waals surface area contributed by atoms with Crippen molar-refractivity contribution in [3.63, 3.8) is 0 Å². The largest absolute Gasteiger partial charge is 0.436 e. The second-order valence-corrected chi connectivity index (χ2v) is 4.65. The van der Waals surface area contributed by atoms with E-state index >= 15 is 0 Å². The van der Waals surface area contributed by atoms with E-state index in [9.17, 15) is 10.1 Å². The summed E-state index contributed by atoms with van der Waals surface area (Å²) >= 11 is 0. The van der Waals surface area contributed by atoms with Gasteiger partial charge in [0.1, 0.15) is 0 Å². The molecule has 0 atom stereocenters. The van der Waals surface area contributed by atoms with Crippen LogP contribution >= 0.6 is 0 Å². The van der Waals surface area contributed by atoms with Gasteiger partial charge in [-0.05, 0) is 18.6 Å². The van der Waals surface area contributed by atoms with Crippen LogP contribution in [0.2, 0.25) is 0 Å². The fourth-order valence-electron chi connectivity index (χ4n) is 2.14. The number of aromatic nitrogens is 1. The molecular formula is C16H12N2O3. The van der Waals surface area contributed by atoms with Crippen LogP contribution in [0.25, 0.3) is 22.8 Å². The van der Waals surface area contributed by atoms with Crippen molar-refractivity contribution < 1.29 is 9.34 Å². The average Bonchev–Trinajstić information content (AvgIpc) is 2.97. The lowest BCUT2D eigenvalue weighted by Crippen LogP contribution is -1.90. The highest BCUT2D eigenvalue weighted by molar-refractivity contribution is 5.64. The molecule has 104 valence electrons. The van der Waals surface area contributed by atoms with Gasteiger partial charge in [0.25, 0.3) is 5.69 Å². The molecular weight excluding hydrogens is 268 g/mol. The number of nitro benzene ring substituents is 1. The molecule has 0 spiro atoms. The lowest BCUT2D eigenvalue weighted by molar-refractivity contribution is -0.384. The van der Waals surface area contributed by atoms with Gasteiger partial charge >= 0.3 is 0 Å². The van der Waals surface area contributed by atoms with Gasteiger partial charge in [0.15, 0.2) is 5.76 Å². The molecule has 3 rings (SSSR count).